The maximum atomic E-state index is 2.34. The van der Waals surface area contributed by atoms with Gasteiger partial charge in [-0.2, -0.15) is 0 Å². The Morgan fingerprint density at radius 1 is 0.481 bits per heavy atom. The molecule has 0 saturated heterocycles. The quantitative estimate of drug-likeness (QED) is 0.312. The number of aromatic nitrogens is 1. The van der Waals surface area contributed by atoms with Crippen LogP contribution in [0.2, 0.25) is 0 Å². The summed E-state index contributed by atoms with van der Waals surface area (Å²) < 4.78 is 2.34. The van der Waals surface area contributed by atoms with Crippen molar-refractivity contribution in [2.45, 2.75) is 0 Å². The van der Waals surface area contributed by atoms with Crippen molar-refractivity contribution in [1.29, 1.82) is 0 Å². The van der Waals surface area contributed by atoms with Crippen molar-refractivity contribution < 1.29 is 0 Å². The van der Waals surface area contributed by atoms with E-state index in [1.54, 1.807) is 0 Å². The number of rotatable bonds is 3. The summed E-state index contributed by atoms with van der Waals surface area (Å²) in [6.07, 6.45) is 4.35. The van der Waals surface area contributed by atoms with Gasteiger partial charge in [0, 0.05) is 16.5 Å². The molecule has 128 valence electrons. The lowest BCUT2D eigenvalue weighted by Crippen LogP contribution is -1.92. The monoisotopic (exact) mass is 345 g/mol. The Morgan fingerprint density at radius 3 is 1.93 bits per heavy atom. The number of benzene rings is 4. The first-order valence-electron chi connectivity index (χ1n) is 9.22. The topological polar surface area (TPSA) is 4.93 Å². The minimum absolute atomic E-state index is 1.19. The molecule has 5 aromatic rings. The zero-order valence-electron chi connectivity index (χ0n) is 14.9. The third-order valence-corrected chi connectivity index (χ3v) is 4.98. The van der Waals surface area contributed by atoms with Crippen LogP contribution in [0, 0.1) is 0 Å². The molecular formula is C26H19N. The predicted molar refractivity (Wildman–Crippen MR) is 116 cm³/mol. The molecule has 5 rings (SSSR count). The smallest absolute Gasteiger partial charge is 0.0541 e. The molecule has 0 aliphatic carbocycles. The minimum Gasteiger partial charge on any atom is -0.309 e. The zero-order valence-corrected chi connectivity index (χ0v) is 14.9. The molecule has 0 saturated carbocycles. The Balaban J connectivity index is 1.70. The van der Waals surface area contributed by atoms with E-state index in [9.17, 15) is 0 Å². The Hall–Kier alpha value is -3.58. The van der Waals surface area contributed by atoms with Gasteiger partial charge in [0.1, 0.15) is 0 Å². The standard InChI is InChI=1S/C26H19N/c1-3-9-20(10-4-1)15-16-21-17-18-26-24(19-21)23-13-7-8-14-25(23)27(26)22-11-5-2-6-12-22/h1-19H/b16-15+. The average Bonchev–Trinajstić information content (AvgIpc) is 3.07. The molecule has 0 amide bonds. The van der Waals surface area contributed by atoms with Crippen molar-refractivity contribution in [3.63, 3.8) is 0 Å². The van der Waals surface area contributed by atoms with Gasteiger partial charge >= 0.3 is 0 Å². The lowest BCUT2D eigenvalue weighted by Gasteiger charge is -2.07. The van der Waals surface area contributed by atoms with Gasteiger partial charge in [-0.15, -0.1) is 0 Å². The van der Waals surface area contributed by atoms with E-state index in [0.717, 1.165) is 0 Å². The Labute approximate surface area is 158 Å². The molecule has 0 radical (unpaired) electrons. The van der Waals surface area contributed by atoms with E-state index in [-0.39, 0.29) is 0 Å². The molecule has 0 fully saturated rings. The normalized spacial score (nSPS) is 11.6. The van der Waals surface area contributed by atoms with Gasteiger partial charge in [0.2, 0.25) is 0 Å². The lowest BCUT2D eigenvalue weighted by molar-refractivity contribution is 1.18. The third-order valence-electron chi connectivity index (χ3n) is 4.98. The van der Waals surface area contributed by atoms with Crippen molar-refractivity contribution >= 4 is 34.0 Å². The van der Waals surface area contributed by atoms with E-state index in [1.165, 1.54) is 38.6 Å². The molecule has 0 spiro atoms. The van der Waals surface area contributed by atoms with Crippen LogP contribution in [-0.2, 0) is 0 Å². The number of nitrogens with zero attached hydrogens (tertiary/aromatic N) is 1. The second-order valence-electron chi connectivity index (χ2n) is 6.71. The molecule has 1 heteroatoms. The first-order valence-corrected chi connectivity index (χ1v) is 9.22. The van der Waals surface area contributed by atoms with E-state index < -0.39 is 0 Å². The van der Waals surface area contributed by atoms with Crippen LogP contribution in [0.15, 0.2) is 103 Å². The summed E-state index contributed by atoms with van der Waals surface area (Å²) in [7, 11) is 0. The summed E-state index contributed by atoms with van der Waals surface area (Å²) in [4.78, 5) is 0. The predicted octanol–water partition coefficient (Wildman–Crippen LogP) is 6.95. The van der Waals surface area contributed by atoms with E-state index in [1.807, 2.05) is 6.07 Å². The molecule has 1 heterocycles. The lowest BCUT2D eigenvalue weighted by atomic mass is 10.1. The Bertz CT molecular complexity index is 1250. The van der Waals surface area contributed by atoms with Gasteiger partial charge in [0.15, 0.2) is 0 Å². The van der Waals surface area contributed by atoms with Crippen LogP contribution in [0.25, 0.3) is 39.6 Å². The Kier molecular flexibility index (Phi) is 3.84. The summed E-state index contributed by atoms with van der Waals surface area (Å²) in [6.45, 7) is 0. The van der Waals surface area contributed by atoms with Crippen molar-refractivity contribution in [2.24, 2.45) is 0 Å². The van der Waals surface area contributed by atoms with Gasteiger partial charge in [-0.25, -0.2) is 0 Å². The van der Waals surface area contributed by atoms with Gasteiger partial charge in [-0.05, 0) is 41.5 Å². The molecule has 0 N–H and O–H groups in total. The van der Waals surface area contributed by atoms with Crippen LogP contribution >= 0.6 is 0 Å². The van der Waals surface area contributed by atoms with Gasteiger partial charge < -0.3 is 4.57 Å². The molecular weight excluding hydrogens is 326 g/mol. The maximum Gasteiger partial charge on any atom is 0.0541 e. The summed E-state index contributed by atoms with van der Waals surface area (Å²) >= 11 is 0. The van der Waals surface area contributed by atoms with Crippen molar-refractivity contribution in [3.05, 3.63) is 114 Å². The molecule has 4 aromatic carbocycles. The molecule has 1 aromatic heterocycles. The van der Waals surface area contributed by atoms with Gasteiger partial charge in [0.05, 0.1) is 11.0 Å². The third kappa shape index (κ3) is 2.84. The van der Waals surface area contributed by atoms with Crippen LogP contribution in [0.1, 0.15) is 11.1 Å². The van der Waals surface area contributed by atoms with E-state index in [2.05, 4.69) is 114 Å². The largest absolute Gasteiger partial charge is 0.309 e. The first-order chi connectivity index (χ1) is 13.4. The van der Waals surface area contributed by atoms with E-state index in [0.29, 0.717) is 0 Å². The first kappa shape index (κ1) is 15.7. The maximum absolute atomic E-state index is 2.34. The zero-order chi connectivity index (χ0) is 18.1. The fourth-order valence-corrected chi connectivity index (χ4v) is 3.71. The summed E-state index contributed by atoms with van der Waals surface area (Å²) in [5.41, 5.74) is 6.09. The summed E-state index contributed by atoms with van der Waals surface area (Å²) in [5, 5.41) is 2.57. The highest BCUT2D eigenvalue weighted by atomic mass is 15.0. The molecule has 1 nitrogen and oxygen atoms in total. The molecule has 27 heavy (non-hydrogen) atoms. The second-order valence-corrected chi connectivity index (χ2v) is 6.71. The van der Waals surface area contributed by atoms with Gasteiger partial charge in [0.25, 0.3) is 0 Å². The number of fused-ring (bicyclic) bond motifs is 3. The molecule has 0 bridgehead atoms. The van der Waals surface area contributed by atoms with Crippen molar-refractivity contribution in [2.75, 3.05) is 0 Å². The SMILES string of the molecule is C(=C\c1ccc2c(c1)c1ccccc1n2-c1ccccc1)/c1ccccc1. The van der Waals surface area contributed by atoms with Crippen LogP contribution in [0.4, 0.5) is 0 Å². The number of hydrogen-bond donors (Lipinski definition) is 0. The van der Waals surface area contributed by atoms with Crippen LogP contribution < -0.4 is 0 Å². The second kappa shape index (κ2) is 6.62. The fourth-order valence-electron chi connectivity index (χ4n) is 3.71. The number of hydrogen-bond acceptors (Lipinski definition) is 0. The highest BCUT2D eigenvalue weighted by Gasteiger charge is 2.11. The van der Waals surface area contributed by atoms with Crippen molar-refractivity contribution in [3.8, 4) is 5.69 Å². The average molecular weight is 345 g/mol. The molecule has 0 aliphatic rings. The summed E-state index contributed by atoms with van der Waals surface area (Å²) in [6, 6.07) is 36.3. The fraction of sp³-hybridized carbons (Fsp3) is 0. The van der Waals surface area contributed by atoms with Gasteiger partial charge in [-0.3, -0.25) is 0 Å². The minimum atomic E-state index is 1.19. The van der Waals surface area contributed by atoms with Crippen LogP contribution in [0.3, 0.4) is 0 Å². The van der Waals surface area contributed by atoms with Crippen LogP contribution in [-0.4, -0.2) is 4.57 Å². The number of para-hydroxylation sites is 2. The molecule has 0 unspecified atom stereocenters. The highest BCUT2D eigenvalue weighted by Crippen LogP contribution is 2.32. The Morgan fingerprint density at radius 2 is 1.11 bits per heavy atom. The van der Waals surface area contributed by atoms with E-state index in [4.69, 9.17) is 0 Å². The van der Waals surface area contributed by atoms with Crippen LogP contribution in [0.5, 0.6) is 0 Å². The summed E-state index contributed by atoms with van der Waals surface area (Å²) in [5.74, 6) is 0. The van der Waals surface area contributed by atoms with Crippen molar-refractivity contribution in [1.82, 2.24) is 4.57 Å². The van der Waals surface area contributed by atoms with E-state index >= 15 is 0 Å². The molecule has 0 aliphatic heterocycles. The molecule has 0 atom stereocenters. The highest BCUT2D eigenvalue weighted by molar-refractivity contribution is 6.09. The van der Waals surface area contributed by atoms with Gasteiger partial charge in [-0.1, -0.05) is 84.9 Å².